The average Bonchev–Trinajstić information content (AvgIpc) is 3.44. The number of nitrogens with zero attached hydrogens (tertiary/aromatic N) is 1. The van der Waals surface area contributed by atoms with Crippen LogP contribution in [0.5, 0.6) is 0 Å². The SMILES string of the molecule is CO[C@H]1C[C@@H]2CC[C@@H](C)[C@@](O)(O2)C(=O)C(=O)N2CCCC[C@H]2C(=O)O[C@H]([C@@H](C)C[C@H]2CC[C@@H](OCCOCC(=O)OCC[Si](C)(C)C)[C@H](OC)C2)CC(=O)[C@H](C)/C=C(\C)[C@@H](O)[C@@H](OC)C(=O)[C@H](C)C[C@H](C)/C=C/C=C/C=C/1C. The molecule has 4 aliphatic rings. The summed E-state index contributed by atoms with van der Waals surface area (Å²) in [4.78, 5) is 84.9. The van der Waals surface area contributed by atoms with Crippen molar-refractivity contribution in [2.24, 2.45) is 35.5 Å². The van der Waals surface area contributed by atoms with E-state index in [0.29, 0.717) is 70.0 Å². The Morgan fingerprint density at radius 1 is 0.846 bits per heavy atom. The van der Waals surface area contributed by atoms with E-state index in [9.17, 15) is 39.0 Å². The van der Waals surface area contributed by atoms with Gasteiger partial charge in [-0.25, -0.2) is 9.59 Å². The van der Waals surface area contributed by atoms with E-state index < -0.39 is 91.8 Å². The zero-order valence-electron chi connectivity index (χ0n) is 49.3. The monoisotopic (exact) mass is 1120 g/mol. The summed E-state index contributed by atoms with van der Waals surface area (Å²) in [5.41, 5.74) is 1.25. The van der Waals surface area contributed by atoms with Gasteiger partial charge in [-0.15, -0.1) is 0 Å². The van der Waals surface area contributed by atoms with Crippen molar-refractivity contribution < 1.29 is 76.9 Å². The number of aliphatic hydroxyl groups excluding tert-OH is 1. The minimum absolute atomic E-state index is 0.00550. The minimum atomic E-state index is -2.45. The number of aliphatic hydroxyl groups is 2. The Kier molecular flexibility index (Phi) is 27.4. The van der Waals surface area contributed by atoms with Crippen molar-refractivity contribution in [2.45, 2.75) is 206 Å². The minimum Gasteiger partial charge on any atom is -0.464 e. The fourth-order valence-corrected chi connectivity index (χ4v) is 11.9. The molecule has 3 fully saturated rings. The van der Waals surface area contributed by atoms with Gasteiger partial charge in [0.2, 0.25) is 5.79 Å². The Morgan fingerprint density at radius 3 is 2.26 bits per heavy atom. The van der Waals surface area contributed by atoms with Crippen molar-refractivity contribution in [3.8, 4) is 0 Å². The zero-order valence-corrected chi connectivity index (χ0v) is 50.3. The summed E-state index contributed by atoms with van der Waals surface area (Å²) in [6, 6.07) is -0.282. The molecule has 0 aromatic heterocycles. The smallest absolute Gasteiger partial charge is 0.332 e. The van der Waals surface area contributed by atoms with E-state index in [-0.39, 0.29) is 80.7 Å². The second-order valence-electron chi connectivity index (χ2n) is 24.0. The van der Waals surface area contributed by atoms with Crippen LogP contribution in [-0.4, -0.2) is 167 Å². The highest BCUT2D eigenvalue weighted by Gasteiger charge is 2.53. The molecule has 18 heteroatoms. The van der Waals surface area contributed by atoms with Crippen LogP contribution in [0.1, 0.15) is 126 Å². The van der Waals surface area contributed by atoms with Gasteiger partial charge < -0.3 is 53.0 Å². The normalized spacial score (nSPS) is 35.8. The van der Waals surface area contributed by atoms with E-state index >= 15 is 0 Å². The lowest BCUT2D eigenvalue weighted by atomic mass is 9.78. The fourth-order valence-electron chi connectivity index (χ4n) is 11.2. The number of Topliss-reactive ketones (excluding diaryl/α,β-unsaturated/α-hetero) is 3. The van der Waals surface area contributed by atoms with Gasteiger partial charge in [0.1, 0.15) is 36.7 Å². The zero-order chi connectivity index (χ0) is 57.9. The summed E-state index contributed by atoms with van der Waals surface area (Å²) >= 11 is 0. The van der Waals surface area contributed by atoms with Gasteiger partial charge >= 0.3 is 11.9 Å². The lowest BCUT2D eigenvalue weighted by Gasteiger charge is -2.42. The van der Waals surface area contributed by atoms with Crippen molar-refractivity contribution in [2.75, 3.05) is 54.3 Å². The lowest BCUT2D eigenvalue weighted by molar-refractivity contribution is -0.265. The Hall–Kier alpha value is -3.72. The molecule has 0 radical (unpaired) electrons. The summed E-state index contributed by atoms with van der Waals surface area (Å²) in [5, 5.41) is 23.6. The summed E-state index contributed by atoms with van der Waals surface area (Å²) in [6.07, 6.45) is 11.6. The third kappa shape index (κ3) is 20.1. The number of allylic oxidation sites excluding steroid dienone is 6. The van der Waals surface area contributed by atoms with Gasteiger partial charge in [0.25, 0.3) is 11.7 Å². The van der Waals surface area contributed by atoms with E-state index in [1.54, 1.807) is 41.1 Å². The van der Waals surface area contributed by atoms with Gasteiger partial charge in [-0.3, -0.25) is 19.2 Å². The van der Waals surface area contributed by atoms with Gasteiger partial charge in [0.15, 0.2) is 5.78 Å². The highest BCUT2D eigenvalue weighted by atomic mass is 28.3. The summed E-state index contributed by atoms with van der Waals surface area (Å²) < 4.78 is 47.0. The number of ether oxygens (including phenoxy) is 8. The molecular formula is C60H97NO16Si. The number of rotatable bonds is 15. The molecule has 2 saturated heterocycles. The molecule has 0 unspecified atom stereocenters. The molecule has 1 saturated carbocycles. The van der Waals surface area contributed by atoms with Crippen molar-refractivity contribution in [3.05, 3.63) is 47.6 Å². The molecule has 78 heavy (non-hydrogen) atoms. The number of piperidine rings is 1. The second-order valence-corrected chi connectivity index (χ2v) is 29.6. The van der Waals surface area contributed by atoms with Crippen LogP contribution in [0.15, 0.2) is 47.6 Å². The number of cyclic esters (lactones) is 1. The molecule has 0 aromatic rings. The van der Waals surface area contributed by atoms with Crippen LogP contribution >= 0.6 is 0 Å². The second kappa shape index (κ2) is 32.1. The van der Waals surface area contributed by atoms with E-state index in [2.05, 4.69) is 19.6 Å². The fraction of sp³-hybridized carbons (Fsp3) is 0.767. The molecule has 0 spiro atoms. The number of esters is 2. The number of fused-ring (bicyclic) bond motifs is 3. The summed E-state index contributed by atoms with van der Waals surface area (Å²) in [5.74, 6) is -8.55. The highest BCUT2D eigenvalue weighted by molar-refractivity contribution is 6.76. The number of methoxy groups -OCH3 is 3. The largest absolute Gasteiger partial charge is 0.464 e. The number of hydrogen-bond acceptors (Lipinski definition) is 16. The van der Waals surface area contributed by atoms with Crippen LogP contribution in [0.25, 0.3) is 0 Å². The van der Waals surface area contributed by atoms with Gasteiger partial charge in [-0.2, -0.15) is 0 Å². The summed E-state index contributed by atoms with van der Waals surface area (Å²) in [7, 11) is 3.26. The third-order valence-electron chi connectivity index (χ3n) is 16.3. The predicted molar refractivity (Wildman–Crippen MR) is 299 cm³/mol. The number of hydrogen-bond donors (Lipinski definition) is 2. The average molecular weight is 1120 g/mol. The van der Waals surface area contributed by atoms with Crippen molar-refractivity contribution in [1.82, 2.24) is 4.90 Å². The number of amides is 1. The molecule has 3 aliphatic heterocycles. The van der Waals surface area contributed by atoms with Gasteiger partial charge in [-0.1, -0.05) is 90.7 Å². The number of carbonyl (C=O) groups is 6. The first kappa shape index (κ1) is 66.8. The standard InChI is InChI=1S/C60H97NO16Si/c1-38-19-15-14-16-20-39(2)50(70-8)35-46-24-22-44(7)60(69,77-46)57(66)58(67)61-26-18-17-21-47(61)59(68)76-51(36-48(62)40(3)32-43(6)55(65)56(72-10)54(64)42(5)31-38)41(4)33-45-23-25-49(52(34-45)71-9)74-28-27-73-37-53(63)75-29-30-78(11,12)13/h14-16,19-20,32,38,40-42,44-47,49-52,55-56,65,69H,17-18,21-31,33-37H2,1-13H3/b16-14+,19-15+,39-20+,43-32+/t38-,40-,41+,42-,44-,45-,46+,47+,49-,50+,51+,52-,55-,56+,60-/m1/s1. The van der Waals surface area contributed by atoms with E-state index in [1.807, 2.05) is 58.1 Å². The predicted octanol–water partition coefficient (Wildman–Crippen LogP) is 8.10. The molecule has 3 heterocycles. The van der Waals surface area contributed by atoms with Gasteiger partial charge in [-0.05, 0) is 113 Å². The maximum absolute atomic E-state index is 14.6. The van der Waals surface area contributed by atoms with Crippen LogP contribution in [0.2, 0.25) is 25.7 Å². The first-order valence-electron chi connectivity index (χ1n) is 28.7. The molecule has 442 valence electrons. The molecule has 4 rings (SSSR count). The summed E-state index contributed by atoms with van der Waals surface area (Å²) in [6.45, 7) is 20.1. The maximum atomic E-state index is 14.6. The molecular weight excluding hydrogens is 1020 g/mol. The van der Waals surface area contributed by atoms with Gasteiger partial charge in [0, 0.05) is 66.5 Å². The van der Waals surface area contributed by atoms with Crippen molar-refractivity contribution in [1.29, 1.82) is 0 Å². The molecule has 15 atom stereocenters. The van der Waals surface area contributed by atoms with E-state index in [1.165, 1.54) is 12.0 Å². The molecule has 0 aromatic carbocycles. The molecule has 1 aliphatic carbocycles. The first-order chi connectivity index (χ1) is 36.8. The Morgan fingerprint density at radius 2 is 1.58 bits per heavy atom. The van der Waals surface area contributed by atoms with Crippen LogP contribution in [0.4, 0.5) is 0 Å². The topological polar surface area (TPSA) is 220 Å². The van der Waals surface area contributed by atoms with E-state index in [4.69, 9.17) is 37.9 Å². The van der Waals surface area contributed by atoms with Crippen LogP contribution < -0.4 is 0 Å². The van der Waals surface area contributed by atoms with Crippen molar-refractivity contribution in [3.63, 3.8) is 0 Å². The van der Waals surface area contributed by atoms with Crippen LogP contribution in [0, 0.1) is 35.5 Å². The highest BCUT2D eigenvalue weighted by Crippen LogP contribution is 2.38. The Labute approximate surface area is 466 Å². The van der Waals surface area contributed by atoms with Crippen LogP contribution in [-0.2, 0) is 66.7 Å². The lowest BCUT2D eigenvalue weighted by Crippen LogP contribution is -2.61. The van der Waals surface area contributed by atoms with Gasteiger partial charge in [0.05, 0.1) is 44.2 Å². The first-order valence-corrected chi connectivity index (χ1v) is 32.4. The number of ketones is 3. The maximum Gasteiger partial charge on any atom is 0.332 e. The molecule has 2 N–H and O–H groups in total. The molecule has 2 bridgehead atoms. The third-order valence-corrected chi connectivity index (χ3v) is 18.1. The number of carbonyl (C=O) groups excluding carboxylic acids is 6. The van der Waals surface area contributed by atoms with Crippen LogP contribution in [0.3, 0.4) is 0 Å². The molecule has 1 amide bonds. The van der Waals surface area contributed by atoms with E-state index in [0.717, 1.165) is 18.0 Å². The quantitative estimate of drug-likeness (QED) is 0.0520. The van der Waals surface area contributed by atoms with Crippen molar-refractivity contribution >= 4 is 43.3 Å². The Balaban J connectivity index is 1.59. The Bertz CT molecular complexity index is 2100. The molecule has 17 nitrogen and oxygen atoms in total.